The Morgan fingerprint density at radius 3 is 2.40 bits per heavy atom. The van der Waals surface area contributed by atoms with Gasteiger partial charge in [0.2, 0.25) is 6.79 Å². The summed E-state index contributed by atoms with van der Waals surface area (Å²) in [7, 11) is 1.80. The molecule has 142 valence electrons. The van der Waals surface area contributed by atoms with Gasteiger partial charge in [-0.2, -0.15) is 11.8 Å². The quantitative estimate of drug-likeness (QED) is 0.371. The largest absolute Gasteiger partial charge is 0.454 e. The highest BCUT2D eigenvalue weighted by atomic mass is 127. The molecule has 0 unspecified atom stereocenters. The van der Waals surface area contributed by atoms with E-state index in [0.29, 0.717) is 6.79 Å². The molecule has 0 saturated heterocycles. The fourth-order valence-corrected chi connectivity index (χ4v) is 2.53. The first-order valence-electron chi connectivity index (χ1n) is 8.17. The smallest absolute Gasteiger partial charge is 0.231 e. The number of benzene rings is 1. The summed E-state index contributed by atoms with van der Waals surface area (Å²) in [6.07, 6.45) is 2.13. The van der Waals surface area contributed by atoms with Crippen LogP contribution in [0.5, 0.6) is 11.5 Å². The summed E-state index contributed by atoms with van der Waals surface area (Å²) in [5, 5.41) is 6.83. The van der Waals surface area contributed by atoms with Crippen molar-refractivity contribution in [3.8, 4) is 11.5 Å². The van der Waals surface area contributed by atoms with Crippen LogP contribution in [0.15, 0.2) is 23.2 Å². The molecule has 1 aliphatic rings. The van der Waals surface area contributed by atoms with E-state index in [1.165, 1.54) is 5.56 Å². The van der Waals surface area contributed by atoms with Gasteiger partial charge in [0.1, 0.15) is 0 Å². The Hall–Kier alpha value is -0.830. The van der Waals surface area contributed by atoms with Gasteiger partial charge in [0, 0.05) is 30.3 Å². The van der Waals surface area contributed by atoms with Crippen LogP contribution in [-0.4, -0.2) is 43.9 Å². The molecule has 0 radical (unpaired) electrons. The Morgan fingerprint density at radius 1 is 1.12 bits per heavy atom. The van der Waals surface area contributed by atoms with Gasteiger partial charge < -0.3 is 20.1 Å². The standard InChI is InChI=1S/C18H29N3O2S.HI/c1-17(2,13-7-8-14-15(9-13)23-12-22-14)10-20-16(19-5)21-11-18(3,4)24-6;/h7-9H,10-12H2,1-6H3,(H2,19,20,21);1H. The molecular formula is C18H30IN3O2S. The van der Waals surface area contributed by atoms with E-state index >= 15 is 0 Å². The van der Waals surface area contributed by atoms with Crippen molar-refractivity contribution in [2.45, 2.75) is 37.9 Å². The van der Waals surface area contributed by atoms with Crippen LogP contribution in [0.1, 0.15) is 33.3 Å². The molecule has 0 amide bonds. The van der Waals surface area contributed by atoms with E-state index in [0.717, 1.165) is 30.5 Å². The molecule has 1 aromatic carbocycles. The molecule has 2 N–H and O–H groups in total. The van der Waals surface area contributed by atoms with Gasteiger partial charge >= 0.3 is 0 Å². The third-order valence-electron chi connectivity index (χ3n) is 4.31. The average Bonchev–Trinajstić information content (AvgIpc) is 3.02. The second kappa shape index (κ2) is 9.21. The number of aliphatic imine (C=N–C) groups is 1. The first-order valence-corrected chi connectivity index (χ1v) is 9.40. The number of fused-ring (bicyclic) bond motifs is 1. The number of hydrogen-bond acceptors (Lipinski definition) is 4. The van der Waals surface area contributed by atoms with E-state index in [-0.39, 0.29) is 34.1 Å². The lowest BCUT2D eigenvalue weighted by atomic mass is 9.84. The molecule has 0 spiro atoms. The molecule has 2 rings (SSSR count). The summed E-state index contributed by atoms with van der Waals surface area (Å²) < 4.78 is 11.0. The number of ether oxygens (including phenoxy) is 2. The van der Waals surface area contributed by atoms with Crippen LogP contribution in [-0.2, 0) is 5.41 Å². The second-order valence-corrected chi connectivity index (χ2v) is 8.71. The minimum absolute atomic E-state index is 0. The van der Waals surface area contributed by atoms with E-state index in [1.54, 1.807) is 7.05 Å². The van der Waals surface area contributed by atoms with Gasteiger partial charge in [-0.3, -0.25) is 4.99 Å². The summed E-state index contributed by atoms with van der Waals surface area (Å²) in [4.78, 5) is 4.32. The highest BCUT2D eigenvalue weighted by Gasteiger charge is 2.24. The number of nitrogens with zero attached hydrogens (tertiary/aromatic N) is 1. The van der Waals surface area contributed by atoms with Crippen LogP contribution >= 0.6 is 35.7 Å². The van der Waals surface area contributed by atoms with Gasteiger partial charge in [0.25, 0.3) is 0 Å². The molecule has 5 nitrogen and oxygen atoms in total. The SMILES string of the molecule is CN=C(NCC(C)(C)SC)NCC(C)(C)c1ccc2c(c1)OCO2.I. The predicted molar refractivity (Wildman–Crippen MR) is 118 cm³/mol. The summed E-state index contributed by atoms with van der Waals surface area (Å²) in [6.45, 7) is 10.8. The van der Waals surface area contributed by atoms with E-state index in [9.17, 15) is 0 Å². The number of guanidine groups is 1. The molecule has 0 atom stereocenters. The highest BCUT2D eigenvalue weighted by molar-refractivity contribution is 14.0. The van der Waals surface area contributed by atoms with Crippen LogP contribution in [0.25, 0.3) is 0 Å². The summed E-state index contributed by atoms with van der Waals surface area (Å²) >= 11 is 1.84. The molecule has 7 heteroatoms. The number of rotatable bonds is 6. The lowest BCUT2D eigenvalue weighted by Gasteiger charge is -2.28. The van der Waals surface area contributed by atoms with Crippen LogP contribution in [0.3, 0.4) is 0 Å². The molecule has 1 aromatic rings. The lowest BCUT2D eigenvalue weighted by Crippen LogP contribution is -2.46. The third kappa shape index (κ3) is 6.13. The van der Waals surface area contributed by atoms with Crippen molar-refractivity contribution in [1.82, 2.24) is 10.6 Å². The molecular weight excluding hydrogens is 449 g/mol. The minimum atomic E-state index is -0.0619. The molecule has 0 fully saturated rings. The van der Waals surface area contributed by atoms with Gasteiger partial charge in [-0.1, -0.05) is 19.9 Å². The normalized spacial score (nSPS) is 14.1. The van der Waals surface area contributed by atoms with Gasteiger partial charge in [0.05, 0.1) is 0 Å². The molecule has 0 aromatic heterocycles. The molecule has 0 aliphatic carbocycles. The predicted octanol–water partition coefficient (Wildman–Crippen LogP) is 3.62. The number of thioether (sulfide) groups is 1. The molecule has 0 bridgehead atoms. The maximum atomic E-state index is 5.49. The van der Waals surface area contributed by atoms with Crippen LogP contribution < -0.4 is 20.1 Å². The minimum Gasteiger partial charge on any atom is -0.454 e. The summed E-state index contributed by atoms with van der Waals surface area (Å²) in [5.74, 6) is 2.47. The molecule has 1 heterocycles. The zero-order valence-electron chi connectivity index (χ0n) is 15.9. The lowest BCUT2D eigenvalue weighted by molar-refractivity contribution is 0.174. The first-order chi connectivity index (χ1) is 11.3. The molecule has 1 aliphatic heterocycles. The topological polar surface area (TPSA) is 54.9 Å². The molecule has 0 saturated carbocycles. The first kappa shape index (κ1) is 22.2. The van der Waals surface area contributed by atoms with Crippen molar-refractivity contribution in [2.24, 2.45) is 4.99 Å². The number of hydrogen-bond donors (Lipinski definition) is 2. The van der Waals surface area contributed by atoms with Crippen LogP contribution in [0.2, 0.25) is 0 Å². The maximum Gasteiger partial charge on any atom is 0.231 e. The Kier molecular flexibility index (Phi) is 8.18. The van der Waals surface area contributed by atoms with Crippen LogP contribution in [0.4, 0.5) is 0 Å². The van der Waals surface area contributed by atoms with Gasteiger partial charge in [-0.15, -0.1) is 24.0 Å². The Labute approximate surface area is 172 Å². The van der Waals surface area contributed by atoms with Gasteiger partial charge in [0.15, 0.2) is 17.5 Å². The average molecular weight is 479 g/mol. The zero-order chi connectivity index (χ0) is 17.8. The van der Waals surface area contributed by atoms with Crippen LogP contribution in [0, 0.1) is 0 Å². The van der Waals surface area contributed by atoms with E-state index in [4.69, 9.17) is 9.47 Å². The van der Waals surface area contributed by atoms with E-state index in [1.807, 2.05) is 17.8 Å². The summed E-state index contributed by atoms with van der Waals surface area (Å²) in [6, 6.07) is 6.15. The van der Waals surface area contributed by atoms with E-state index in [2.05, 4.69) is 61.7 Å². The maximum absolute atomic E-state index is 5.49. The van der Waals surface area contributed by atoms with Crippen molar-refractivity contribution in [3.05, 3.63) is 23.8 Å². The third-order valence-corrected chi connectivity index (χ3v) is 5.56. The zero-order valence-corrected chi connectivity index (χ0v) is 19.1. The summed E-state index contributed by atoms with van der Waals surface area (Å²) in [5.41, 5.74) is 1.15. The van der Waals surface area contributed by atoms with Crippen molar-refractivity contribution in [3.63, 3.8) is 0 Å². The van der Waals surface area contributed by atoms with Gasteiger partial charge in [-0.05, 0) is 37.8 Å². The van der Waals surface area contributed by atoms with Crippen molar-refractivity contribution in [1.29, 1.82) is 0 Å². The van der Waals surface area contributed by atoms with Crippen molar-refractivity contribution < 1.29 is 9.47 Å². The van der Waals surface area contributed by atoms with Gasteiger partial charge in [-0.25, -0.2) is 0 Å². The Balaban J connectivity index is 0.00000312. The number of nitrogens with one attached hydrogen (secondary N) is 2. The van der Waals surface area contributed by atoms with E-state index < -0.39 is 0 Å². The molecule has 25 heavy (non-hydrogen) atoms. The Bertz CT molecular complexity index is 606. The van der Waals surface area contributed by atoms with Crippen molar-refractivity contribution >= 4 is 41.7 Å². The van der Waals surface area contributed by atoms with Crippen molar-refractivity contribution in [2.75, 3.05) is 33.2 Å². The fourth-order valence-electron chi connectivity index (χ4n) is 2.31. The monoisotopic (exact) mass is 479 g/mol. The Morgan fingerprint density at radius 2 is 1.76 bits per heavy atom. The highest BCUT2D eigenvalue weighted by Crippen LogP contribution is 2.36. The fraction of sp³-hybridized carbons (Fsp3) is 0.611. The number of halogens is 1. The second-order valence-electron chi connectivity index (χ2n) is 7.20.